The second-order valence-corrected chi connectivity index (χ2v) is 5.96. The predicted octanol–water partition coefficient (Wildman–Crippen LogP) is 2.22. The van der Waals surface area contributed by atoms with Gasteiger partial charge in [-0.2, -0.15) is 4.98 Å². The quantitative estimate of drug-likeness (QED) is 0.922. The highest BCUT2D eigenvalue weighted by atomic mass is 35.5. The minimum Gasteiger partial charge on any atom is -0.480 e. The van der Waals surface area contributed by atoms with Gasteiger partial charge in [0, 0.05) is 6.54 Å². The second-order valence-electron chi connectivity index (χ2n) is 5.55. The molecule has 0 bridgehead atoms. The SMILES string of the molecule is COc1ncc(Cl)c(N2CCCC(C)(C)C2C(=O)O)n1. The van der Waals surface area contributed by atoms with Gasteiger partial charge in [-0.05, 0) is 18.3 Å². The van der Waals surface area contributed by atoms with E-state index >= 15 is 0 Å². The fourth-order valence-electron chi connectivity index (χ4n) is 2.73. The number of carboxylic acid groups (broad SMARTS) is 1. The number of anilines is 1. The molecule has 1 aromatic heterocycles. The summed E-state index contributed by atoms with van der Waals surface area (Å²) in [5, 5.41) is 9.89. The Morgan fingerprint density at radius 3 is 2.90 bits per heavy atom. The summed E-state index contributed by atoms with van der Waals surface area (Å²) in [6.45, 7) is 4.49. The molecule has 0 aromatic carbocycles. The van der Waals surface area contributed by atoms with Crippen molar-refractivity contribution in [3.8, 4) is 6.01 Å². The van der Waals surface area contributed by atoms with E-state index in [4.69, 9.17) is 16.3 Å². The molecule has 1 aliphatic heterocycles. The van der Waals surface area contributed by atoms with Gasteiger partial charge in [0.25, 0.3) is 0 Å². The Kier molecular flexibility index (Phi) is 4.04. The number of hydrogen-bond donors (Lipinski definition) is 1. The standard InChI is InChI=1S/C13H18ClN3O3/c1-13(2)5-4-6-17(9(13)11(18)19)10-8(14)7-15-12(16-10)20-3/h7,9H,4-6H2,1-3H3,(H,18,19). The zero-order valence-corrected chi connectivity index (χ0v) is 12.5. The highest BCUT2D eigenvalue weighted by molar-refractivity contribution is 6.32. The van der Waals surface area contributed by atoms with Crippen molar-refractivity contribution in [3.05, 3.63) is 11.2 Å². The van der Waals surface area contributed by atoms with Gasteiger partial charge < -0.3 is 14.7 Å². The zero-order valence-electron chi connectivity index (χ0n) is 11.8. The van der Waals surface area contributed by atoms with Crippen molar-refractivity contribution < 1.29 is 14.6 Å². The van der Waals surface area contributed by atoms with Crippen molar-refractivity contribution in [1.82, 2.24) is 9.97 Å². The maximum Gasteiger partial charge on any atom is 0.326 e. The van der Waals surface area contributed by atoms with Crippen LogP contribution in [0.3, 0.4) is 0 Å². The number of carbonyl (C=O) groups is 1. The number of carboxylic acids is 1. The van der Waals surface area contributed by atoms with Crippen LogP contribution in [0.1, 0.15) is 26.7 Å². The molecule has 1 aliphatic rings. The second kappa shape index (κ2) is 5.44. The summed E-state index contributed by atoms with van der Waals surface area (Å²) < 4.78 is 4.99. The number of aromatic nitrogens is 2. The van der Waals surface area contributed by atoms with Crippen LogP contribution in [0, 0.1) is 5.41 Å². The van der Waals surface area contributed by atoms with Crippen molar-refractivity contribution in [3.63, 3.8) is 0 Å². The molecule has 1 atom stereocenters. The summed E-state index contributed by atoms with van der Waals surface area (Å²) in [5.41, 5.74) is -0.356. The van der Waals surface area contributed by atoms with E-state index in [1.807, 2.05) is 13.8 Å². The minimum absolute atomic E-state index is 0.178. The van der Waals surface area contributed by atoms with E-state index in [0.717, 1.165) is 12.8 Å². The third-order valence-corrected chi connectivity index (χ3v) is 3.93. The van der Waals surface area contributed by atoms with Crippen LogP contribution in [0.15, 0.2) is 6.20 Å². The molecule has 0 aliphatic carbocycles. The maximum absolute atomic E-state index is 11.7. The molecule has 7 heteroatoms. The molecule has 1 aromatic rings. The molecule has 1 unspecified atom stereocenters. The van der Waals surface area contributed by atoms with E-state index in [1.165, 1.54) is 13.3 Å². The Labute approximate surface area is 122 Å². The molecule has 6 nitrogen and oxygen atoms in total. The average molecular weight is 300 g/mol. The number of hydrogen-bond acceptors (Lipinski definition) is 5. The molecule has 0 saturated carbocycles. The molecule has 1 N–H and O–H groups in total. The summed E-state index contributed by atoms with van der Waals surface area (Å²) in [6, 6.07) is -0.495. The number of piperidine rings is 1. The number of rotatable bonds is 3. The van der Waals surface area contributed by atoms with E-state index in [9.17, 15) is 9.90 Å². The van der Waals surface area contributed by atoms with Gasteiger partial charge in [-0.25, -0.2) is 9.78 Å². The molecule has 1 saturated heterocycles. The van der Waals surface area contributed by atoms with Gasteiger partial charge >= 0.3 is 12.0 Å². The van der Waals surface area contributed by atoms with Gasteiger partial charge in [-0.3, -0.25) is 0 Å². The van der Waals surface area contributed by atoms with E-state index in [-0.39, 0.29) is 11.4 Å². The molecular formula is C13H18ClN3O3. The molecule has 2 heterocycles. The van der Waals surface area contributed by atoms with Crippen molar-refractivity contribution in [2.75, 3.05) is 18.6 Å². The molecule has 110 valence electrons. The Bertz CT molecular complexity index is 522. The van der Waals surface area contributed by atoms with Crippen LogP contribution >= 0.6 is 11.6 Å². The molecule has 0 amide bonds. The highest BCUT2D eigenvalue weighted by Gasteiger charge is 2.43. The minimum atomic E-state index is -0.872. The molecule has 20 heavy (non-hydrogen) atoms. The van der Waals surface area contributed by atoms with Crippen molar-refractivity contribution in [2.45, 2.75) is 32.7 Å². The van der Waals surface area contributed by atoms with Gasteiger partial charge in [-0.15, -0.1) is 0 Å². The van der Waals surface area contributed by atoms with E-state index in [1.54, 1.807) is 4.90 Å². The van der Waals surface area contributed by atoms with Crippen molar-refractivity contribution >= 4 is 23.4 Å². The van der Waals surface area contributed by atoms with Crippen LogP contribution in [0.2, 0.25) is 5.02 Å². The first-order valence-corrected chi connectivity index (χ1v) is 6.80. The van der Waals surface area contributed by atoms with Gasteiger partial charge in [0.1, 0.15) is 11.1 Å². The Balaban J connectivity index is 2.46. The van der Waals surface area contributed by atoms with Gasteiger partial charge in [0.15, 0.2) is 5.82 Å². The summed E-state index contributed by atoms with van der Waals surface area (Å²) in [5.74, 6) is -0.456. The van der Waals surface area contributed by atoms with Crippen LogP contribution in [0.4, 0.5) is 5.82 Å². The first-order chi connectivity index (χ1) is 9.36. The largest absolute Gasteiger partial charge is 0.480 e. The lowest BCUT2D eigenvalue weighted by atomic mass is 9.76. The summed E-state index contributed by atoms with van der Waals surface area (Å²) in [4.78, 5) is 21.5. The number of nitrogens with zero attached hydrogens (tertiary/aromatic N) is 3. The lowest BCUT2D eigenvalue weighted by Gasteiger charge is -2.44. The van der Waals surface area contributed by atoms with Crippen LogP contribution in [0.25, 0.3) is 0 Å². The number of methoxy groups -OCH3 is 1. The van der Waals surface area contributed by atoms with Gasteiger partial charge in [0.2, 0.25) is 0 Å². The fourth-order valence-corrected chi connectivity index (χ4v) is 2.93. The summed E-state index contributed by atoms with van der Waals surface area (Å²) in [6.07, 6.45) is 3.17. The normalized spacial score (nSPS) is 21.6. The van der Waals surface area contributed by atoms with Gasteiger partial charge in [0.05, 0.1) is 13.3 Å². The summed E-state index contributed by atoms with van der Waals surface area (Å²) >= 11 is 6.13. The third kappa shape index (κ3) is 2.65. The molecule has 0 spiro atoms. The molecule has 0 radical (unpaired) electrons. The lowest BCUT2D eigenvalue weighted by Crippen LogP contribution is -2.54. The maximum atomic E-state index is 11.7. The first-order valence-electron chi connectivity index (χ1n) is 6.43. The van der Waals surface area contributed by atoms with Crippen LogP contribution in [-0.2, 0) is 4.79 Å². The smallest absolute Gasteiger partial charge is 0.326 e. The monoisotopic (exact) mass is 299 g/mol. The Hall–Kier alpha value is -1.56. The zero-order chi connectivity index (χ0) is 14.9. The van der Waals surface area contributed by atoms with Crippen LogP contribution < -0.4 is 9.64 Å². The predicted molar refractivity (Wildman–Crippen MR) is 75.4 cm³/mol. The van der Waals surface area contributed by atoms with E-state index < -0.39 is 12.0 Å². The Morgan fingerprint density at radius 1 is 1.60 bits per heavy atom. The number of aliphatic carboxylic acids is 1. The first kappa shape index (κ1) is 14.8. The fraction of sp³-hybridized carbons (Fsp3) is 0.615. The topological polar surface area (TPSA) is 75.5 Å². The molecule has 1 fully saturated rings. The highest BCUT2D eigenvalue weighted by Crippen LogP contribution is 2.39. The molecular weight excluding hydrogens is 282 g/mol. The molecule has 2 rings (SSSR count). The van der Waals surface area contributed by atoms with Gasteiger partial charge in [-0.1, -0.05) is 25.4 Å². The number of halogens is 1. The average Bonchev–Trinajstić information content (AvgIpc) is 2.37. The lowest BCUT2D eigenvalue weighted by molar-refractivity contribution is -0.142. The van der Waals surface area contributed by atoms with E-state index in [2.05, 4.69) is 9.97 Å². The third-order valence-electron chi connectivity index (χ3n) is 3.66. The van der Waals surface area contributed by atoms with Crippen LogP contribution in [-0.4, -0.2) is 40.7 Å². The van der Waals surface area contributed by atoms with E-state index in [0.29, 0.717) is 17.4 Å². The number of ether oxygens (including phenoxy) is 1. The summed E-state index contributed by atoms with van der Waals surface area (Å²) in [7, 11) is 1.46. The van der Waals surface area contributed by atoms with Crippen molar-refractivity contribution in [1.29, 1.82) is 0 Å². The van der Waals surface area contributed by atoms with Crippen LogP contribution in [0.5, 0.6) is 6.01 Å². The van der Waals surface area contributed by atoms with Crippen molar-refractivity contribution in [2.24, 2.45) is 5.41 Å². The Morgan fingerprint density at radius 2 is 2.30 bits per heavy atom.